The number of para-hydroxylation sites is 1. The molecule has 90 valence electrons. The molecular weight excluding hydrogens is 220 g/mol. The number of fused-ring (bicyclic) bond motifs is 1. The zero-order chi connectivity index (χ0) is 12.3. The molecule has 1 aromatic carbocycles. The second-order valence-corrected chi connectivity index (χ2v) is 4.05. The van der Waals surface area contributed by atoms with E-state index in [9.17, 15) is 9.59 Å². The molecule has 1 amide bonds. The van der Waals surface area contributed by atoms with Gasteiger partial charge in [-0.15, -0.1) is 0 Å². The number of carboxylic acids is 1. The number of hydrogen-bond donors (Lipinski definition) is 3. The molecule has 3 N–H and O–H groups in total. The lowest BCUT2D eigenvalue weighted by Crippen LogP contribution is -2.40. The van der Waals surface area contributed by atoms with Gasteiger partial charge < -0.3 is 15.7 Å². The van der Waals surface area contributed by atoms with Gasteiger partial charge in [-0.25, -0.2) is 0 Å². The normalized spacial score (nSPS) is 17.8. The summed E-state index contributed by atoms with van der Waals surface area (Å²) in [5.74, 6) is -1.44. The number of carboxylic acid groups (broad SMARTS) is 1. The standard InChI is InChI=1S/C12H14N2O3/c15-11(16)7-14-12(17)9-5-8-3-1-2-4-10(8)13-6-9/h1-4,9,13H,5-7H2,(H,14,17)(H,15,16). The van der Waals surface area contributed by atoms with Crippen LogP contribution in [0.1, 0.15) is 5.56 Å². The minimum Gasteiger partial charge on any atom is -0.480 e. The molecule has 1 aliphatic heterocycles. The van der Waals surface area contributed by atoms with Gasteiger partial charge in [0.2, 0.25) is 5.91 Å². The van der Waals surface area contributed by atoms with Crippen molar-refractivity contribution >= 4 is 17.6 Å². The van der Waals surface area contributed by atoms with E-state index in [1.54, 1.807) is 0 Å². The van der Waals surface area contributed by atoms with Crippen LogP contribution in [0.15, 0.2) is 24.3 Å². The highest BCUT2D eigenvalue weighted by molar-refractivity contribution is 5.84. The summed E-state index contributed by atoms with van der Waals surface area (Å²) < 4.78 is 0. The number of aliphatic carboxylic acids is 1. The first kappa shape index (κ1) is 11.4. The Bertz CT molecular complexity index is 445. The zero-order valence-corrected chi connectivity index (χ0v) is 9.27. The van der Waals surface area contributed by atoms with Crippen LogP contribution in [-0.4, -0.2) is 30.1 Å². The van der Waals surface area contributed by atoms with Gasteiger partial charge >= 0.3 is 5.97 Å². The van der Waals surface area contributed by atoms with E-state index in [4.69, 9.17) is 5.11 Å². The minimum atomic E-state index is -1.03. The molecule has 1 aromatic rings. The maximum Gasteiger partial charge on any atom is 0.322 e. The molecule has 1 aliphatic rings. The van der Waals surface area contributed by atoms with Gasteiger partial charge in [-0.3, -0.25) is 9.59 Å². The zero-order valence-electron chi connectivity index (χ0n) is 9.27. The number of nitrogens with one attached hydrogen (secondary N) is 2. The van der Waals surface area contributed by atoms with Crippen LogP contribution in [0.2, 0.25) is 0 Å². The number of carbonyl (C=O) groups is 2. The van der Waals surface area contributed by atoms with Crippen molar-refractivity contribution in [2.24, 2.45) is 5.92 Å². The Morgan fingerprint density at radius 2 is 2.18 bits per heavy atom. The maximum atomic E-state index is 11.7. The Kier molecular flexibility index (Phi) is 3.27. The van der Waals surface area contributed by atoms with Crippen LogP contribution >= 0.6 is 0 Å². The van der Waals surface area contributed by atoms with Crippen LogP contribution in [0.5, 0.6) is 0 Å². The number of carbonyl (C=O) groups excluding carboxylic acids is 1. The third-order valence-electron chi connectivity index (χ3n) is 2.81. The number of rotatable bonds is 3. The van der Waals surface area contributed by atoms with Crippen molar-refractivity contribution in [3.63, 3.8) is 0 Å². The van der Waals surface area contributed by atoms with E-state index in [-0.39, 0.29) is 18.4 Å². The fraction of sp³-hybridized carbons (Fsp3) is 0.333. The maximum absolute atomic E-state index is 11.7. The molecular formula is C12H14N2O3. The van der Waals surface area contributed by atoms with E-state index in [1.807, 2.05) is 24.3 Å². The molecule has 0 fully saturated rings. The Labute approximate surface area is 98.8 Å². The van der Waals surface area contributed by atoms with Gasteiger partial charge in [0.05, 0.1) is 5.92 Å². The van der Waals surface area contributed by atoms with Gasteiger partial charge in [0.25, 0.3) is 0 Å². The van der Waals surface area contributed by atoms with Gasteiger partial charge in [0.15, 0.2) is 0 Å². The highest BCUT2D eigenvalue weighted by Crippen LogP contribution is 2.24. The largest absolute Gasteiger partial charge is 0.480 e. The Balaban J connectivity index is 1.97. The van der Waals surface area contributed by atoms with Crippen molar-refractivity contribution in [1.29, 1.82) is 0 Å². The summed E-state index contributed by atoms with van der Waals surface area (Å²) in [6.07, 6.45) is 0.647. The van der Waals surface area contributed by atoms with Crippen molar-refractivity contribution in [3.05, 3.63) is 29.8 Å². The van der Waals surface area contributed by atoms with Crippen molar-refractivity contribution < 1.29 is 14.7 Å². The summed E-state index contributed by atoms with van der Waals surface area (Å²) in [6.45, 7) is 0.222. The van der Waals surface area contributed by atoms with Crippen LogP contribution in [0.25, 0.3) is 0 Å². The highest BCUT2D eigenvalue weighted by atomic mass is 16.4. The SMILES string of the molecule is O=C(O)CNC(=O)C1CNc2ccccc2C1. The molecule has 5 heteroatoms. The van der Waals surface area contributed by atoms with Gasteiger partial charge in [-0.1, -0.05) is 18.2 Å². The average molecular weight is 234 g/mol. The summed E-state index contributed by atoms with van der Waals surface area (Å²) in [6, 6.07) is 7.81. The molecule has 0 spiro atoms. The second kappa shape index (κ2) is 4.86. The summed E-state index contributed by atoms with van der Waals surface area (Å²) in [5.41, 5.74) is 2.14. The van der Waals surface area contributed by atoms with Crippen LogP contribution in [0.3, 0.4) is 0 Å². The van der Waals surface area contributed by atoms with Crippen molar-refractivity contribution in [1.82, 2.24) is 5.32 Å². The van der Waals surface area contributed by atoms with Crippen LogP contribution in [0.4, 0.5) is 5.69 Å². The van der Waals surface area contributed by atoms with Crippen LogP contribution < -0.4 is 10.6 Å². The number of benzene rings is 1. The number of anilines is 1. The van der Waals surface area contributed by atoms with Gasteiger partial charge in [0.1, 0.15) is 6.54 Å². The molecule has 1 unspecified atom stereocenters. The highest BCUT2D eigenvalue weighted by Gasteiger charge is 2.24. The summed E-state index contributed by atoms with van der Waals surface area (Å²) in [5, 5.41) is 14.1. The molecule has 0 bridgehead atoms. The fourth-order valence-electron chi connectivity index (χ4n) is 1.93. The molecule has 0 saturated carbocycles. The van der Waals surface area contributed by atoms with E-state index in [1.165, 1.54) is 0 Å². The lowest BCUT2D eigenvalue weighted by atomic mass is 9.93. The fourth-order valence-corrected chi connectivity index (χ4v) is 1.93. The second-order valence-electron chi connectivity index (χ2n) is 4.05. The van der Waals surface area contributed by atoms with Gasteiger partial charge in [0, 0.05) is 12.2 Å². The predicted molar refractivity (Wildman–Crippen MR) is 62.8 cm³/mol. The molecule has 0 radical (unpaired) electrons. The summed E-state index contributed by atoms with van der Waals surface area (Å²) >= 11 is 0. The first-order chi connectivity index (χ1) is 8.16. The molecule has 0 saturated heterocycles. The van der Waals surface area contributed by atoms with E-state index in [0.717, 1.165) is 11.3 Å². The smallest absolute Gasteiger partial charge is 0.322 e. The number of hydrogen-bond acceptors (Lipinski definition) is 3. The Morgan fingerprint density at radius 1 is 1.41 bits per heavy atom. The van der Waals surface area contributed by atoms with Gasteiger partial charge in [-0.05, 0) is 18.1 Å². The van der Waals surface area contributed by atoms with Gasteiger partial charge in [-0.2, -0.15) is 0 Å². The Morgan fingerprint density at radius 3 is 2.94 bits per heavy atom. The van der Waals surface area contributed by atoms with Crippen molar-refractivity contribution in [2.75, 3.05) is 18.4 Å². The third-order valence-corrected chi connectivity index (χ3v) is 2.81. The van der Waals surface area contributed by atoms with Crippen molar-refractivity contribution in [2.45, 2.75) is 6.42 Å². The molecule has 5 nitrogen and oxygen atoms in total. The van der Waals surface area contributed by atoms with E-state index in [2.05, 4.69) is 10.6 Å². The van der Waals surface area contributed by atoms with E-state index in [0.29, 0.717) is 13.0 Å². The quantitative estimate of drug-likeness (QED) is 0.710. The van der Waals surface area contributed by atoms with Crippen LogP contribution in [-0.2, 0) is 16.0 Å². The summed E-state index contributed by atoms with van der Waals surface area (Å²) in [7, 11) is 0. The summed E-state index contributed by atoms with van der Waals surface area (Å²) in [4.78, 5) is 22.1. The first-order valence-electron chi connectivity index (χ1n) is 5.48. The predicted octanol–water partition coefficient (Wildman–Crippen LogP) is 0.472. The molecule has 0 aromatic heterocycles. The molecule has 1 heterocycles. The van der Waals surface area contributed by atoms with E-state index >= 15 is 0 Å². The molecule has 0 aliphatic carbocycles. The lowest BCUT2D eigenvalue weighted by molar-refractivity contribution is -0.138. The monoisotopic (exact) mass is 234 g/mol. The molecule has 17 heavy (non-hydrogen) atoms. The minimum absolute atomic E-state index is 0.204. The third kappa shape index (κ3) is 2.75. The van der Waals surface area contributed by atoms with E-state index < -0.39 is 5.97 Å². The van der Waals surface area contributed by atoms with Crippen molar-refractivity contribution in [3.8, 4) is 0 Å². The Hall–Kier alpha value is -2.04. The number of amides is 1. The topological polar surface area (TPSA) is 78.4 Å². The van der Waals surface area contributed by atoms with Crippen LogP contribution in [0, 0.1) is 5.92 Å². The molecule has 2 rings (SSSR count). The first-order valence-corrected chi connectivity index (χ1v) is 5.48. The molecule has 1 atom stereocenters. The average Bonchev–Trinajstić information content (AvgIpc) is 2.35. The lowest BCUT2D eigenvalue weighted by Gasteiger charge is -2.25.